The summed E-state index contributed by atoms with van der Waals surface area (Å²) in [4.78, 5) is 25.1. The monoisotopic (exact) mass is 392 g/mol. The number of benzene rings is 3. The van der Waals surface area contributed by atoms with Gasteiger partial charge >= 0.3 is 0 Å². The smallest absolute Gasteiger partial charge is 0.251 e. The second-order valence-corrected chi connectivity index (χ2v) is 6.85. The van der Waals surface area contributed by atoms with Crippen molar-refractivity contribution >= 4 is 23.4 Å². The quantitative estimate of drug-likeness (QED) is 0.621. The van der Waals surface area contributed by atoms with E-state index in [1.165, 1.54) is 0 Å². The first-order valence-corrected chi connectivity index (χ1v) is 9.41. The number of hydrogen-bond acceptors (Lipinski definition) is 2. The number of carbonyl (C=O) groups is 2. The van der Waals surface area contributed by atoms with Gasteiger partial charge in [-0.25, -0.2) is 0 Å². The number of rotatable bonds is 7. The first kappa shape index (κ1) is 19.6. The molecule has 3 rings (SSSR count). The summed E-state index contributed by atoms with van der Waals surface area (Å²) < 4.78 is 0. The summed E-state index contributed by atoms with van der Waals surface area (Å²) in [5, 5.41) is 6.52. The van der Waals surface area contributed by atoms with E-state index < -0.39 is 6.04 Å². The summed E-state index contributed by atoms with van der Waals surface area (Å²) in [5.74, 6) is -0.350. The molecule has 0 spiro atoms. The average Bonchev–Trinajstić information content (AvgIpc) is 2.74. The van der Waals surface area contributed by atoms with E-state index in [-0.39, 0.29) is 18.2 Å². The van der Waals surface area contributed by atoms with E-state index in [9.17, 15) is 9.59 Å². The normalized spacial score (nSPS) is 11.5. The first-order valence-electron chi connectivity index (χ1n) is 9.04. The van der Waals surface area contributed by atoms with Crippen molar-refractivity contribution < 1.29 is 9.59 Å². The second kappa shape index (κ2) is 9.72. The number of carbonyl (C=O) groups excluding carboxylic acids is 2. The summed E-state index contributed by atoms with van der Waals surface area (Å²) in [6, 6.07) is 25.4. The van der Waals surface area contributed by atoms with Crippen LogP contribution < -0.4 is 10.6 Å². The SMILES string of the molecule is O=C(C[C@@H](NC(=O)c1ccccc1)c1ccccc1)NCc1ccc(Cl)cc1. The van der Waals surface area contributed by atoms with Crippen molar-refractivity contribution in [3.8, 4) is 0 Å². The van der Waals surface area contributed by atoms with Crippen molar-refractivity contribution in [2.75, 3.05) is 0 Å². The zero-order valence-corrected chi connectivity index (χ0v) is 16.0. The highest BCUT2D eigenvalue weighted by Crippen LogP contribution is 2.18. The maximum absolute atomic E-state index is 12.6. The van der Waals surface area contributed by atoms with Crippen LogP contribution in [0.25, 0.3) is 0 Å². The molecule has 5 heteroatoms. The highest BCUT2D eigenvalue weighted by Gasteiger charge is 2.19. The van der Waals surface area contributed by atoms with Crippen LogP contribution in [0.3, 0.4) is 0 Å². The lowest BCUT2D eigenvalue weighted by Gasteiger charge is -2.19. The van der Waals surface area contributed by atoms with Crippen LogP contribution in [0.5, 0.6) is 0 Å². The Morgan fingerprint density at radius 3 is 2.07 bits per heavy atom. The van der Waals surface area contributed by atoms with E-state index in [1.54, 1.807) is 24.3 Å². The minimum absolute atomic E-state index is 0.142. The van der Waals surface area contributed by atoms with Gasteiger partial charge in [0.15, 0.2) is 0 Å². The molecule has 0 aliphatic rings. The Bertz CT molecular complexity index is 912. The maximum atomic E-state index is 12.6. The third-order valence-electron chi connectivity index (χ3n) is 4.34. The Morgan fingerprint density at radius 2 is 1.43 bits per heavy atom. The minimum Gasteiger partial charge on any atom is -0.352 e. The Balaban J connectivity index is 1.66. The molecule has 0 bridgehead atoms. The molecule has 0 heterocycles. The van der Waals surface area contributed by atoms with Crippen LogP contribution in [-0.2, 0) is 11.3 Å². The topological polar surface area (TPSA) is 58.2 Å². The Kier molecular flexibility index (Phi) is 6.82. The molecule has 3 aromatic rings. The maximum Gasteiger partial charge on any atom is 0.251 e. The number of amides is 2. The van der Waals surface area contributed by atoms with Crippen LogP contribution >= 0.6 is 11.6 Å². The van der Waals surface area contributed by atoms with Crippen molar-refractivity contribution in [1.29, 1.82) is 0 Å². The first-order chi connectivity index (χ1) is 13.6. The molecule has 0 aliphatic heterocycles. The standard InChI is InChI=1S/C23H21ClN2O2/c24-20-13-11-17(12-14-20)16-25-22(27)15-21(18-7-3-1-4-8-18)26-23(28)19-9-5-2-6-10-19/h1-14,21H,15-16H2,(H,25,27)(H,26,28)/t21-/m1/s1. The van der Waals surface area contributed by atoms with Gasteiger partial charge in [0.05, 0.1) is 12.5 Å². The second-order valence-electron chi connectivity index (χ2n) is 6.41. The van der Waals surface area contributed by atoms with Crippen molar-refractivity contribution in [3.05, 3.63) is 107 Å². The average molecular weight is 393 g/mol. The van der Waals surface area contributed by atoms with Crippen molar-refractivity contribution in [1.82, 2.24) is 10.6 Å². The lowest BCUT2D eigenvalue weighted by Crippen LogP contribution is -2.33. The third kappa shape index (κ3) is 5.69. The largest absolute Gasteiger partial charge is 0.352 e. The Hall–Kier alpha value is -3.11. The molecule has 28 heavy (non-hydrogen) atoms. The van der Waals surface area contributed by atoms with E-state index >= 15 is 0 Å². The number of halogens is 1. The summed E-state index contributed by atoms with van der Waals surface area (Å²) in [5.41, 5.74) is 2.40. The predicted octanol–water partition coefficient (Wildman–Crippen LogP) is 4.52. The molecule has 0 radical (unpaired) electrons. The van der Waals surface area contributed by atoms with Crippen LogP contribution in [-0.4, -0.2) is 11.8 Å². The minimum atomic E-state index is -0.417. The summed E-state index contributed by atoms with van der Waals surface area (Å²) in [6.45, 7) is 0.407. The van der Waals surface area contributed by atoms with Crippen molar-refractivity contribution in [3.63, 3.8) is 0 Å². The lowest BCUT2D eigenvalue weighted by atomic mass is 10.0. The highest BCUT2D eigenvalue weighted by molar-refractivity contribution is 6.30. The number of nitrogens with one attached hydrogen (secondary N) is 2. The molecule has 0 fully saturated rings. The van der Waals surface area contributed by atoms with Gasteiger partial charge in [0.25, 0.3) is 5.91 Å². The van der Waals surface area contributed by atoms with Gasteiger partial charge < -0.3 is 10.6 Å². The Labute approximate surface area is 169 Å². The molecule has 0 saturated carbocycles. The van der Waals surface area contributed by atoms with Crippen LogP contribution in [0.15, 0.2) is 84.9 Å². The predicted molar refractivity (Wildman–Crippen MR) is 111 cm³/mol. The van der Waals surface area contributed by atoms with Crippen LogP contribution in [0.4, 0.5) is 0 Å². The summed E-state index contributed by atoms with van der Waals surface area (Å²) in [6.07, 6.45) is 0.149. The van der Waals surface area contributed by atoms with E-state index in [0.29, 0.717) is 17.1 Å². The molecule has 0 aliphatic carbocycles. The number of hydrogen-bond donors (Lipinski definition) is 2. The van der Waals surface area contributed by atoms with Gasteiger partial charge in [0.1, 0.15) is 0 Å². The van der Waals surface area contributed by atoms with Gasteiger partial charge in [-0.3, -0.25) is 9.59 Å². The molecule has 142 valence electrons. The Morgan fingerprint density at radius 1 is 0.821 bits per heavy atom. The molecule has 0 saturated heterocycles. The van der Waals surface area contributed by atoms with Crippen LogP contribution in [0.1, 0.15) is 33.9 Å². The third-order valence-corrected chi connectivity index (χ3v) is 4.59. The van der Waals surface area contributed by atoms with E-state index in [4.69, 9.17) is 11.6 Å². The van der Waals surface area contributed by atoms with Gasteiger partial charge in [-0.2, -0.15) is 0 Å². The van der Waals surface area contributed by atoms with Gasteiger partial charge in [-0.1, -0.05) is 72.3 Å². The van der Waals surface area contributed by atoms with Crippen LogP contribution in [0, 0.1) is 0 Å². The van der Waals surface area contributed by atoms with Gasteiger partial charge in [0, 0.05) is 17.1 Å². The fourth-order valence-electron chi connectivity index (χ4n) is 2.83. The fourth-order valence-corrected chi connectivity index (χ4v) is 2.96. The van der Waals surface area contributed by atoms with Gasteiger partial charge in [-0.05, 0) is 35.4 Å². The molecule has 0 unspecified atom stereocenters. The molecule has 0 aromatic heterocycles. The van der Waals surface area contributed by atoms with Crippen molar-refractivity contribution in [2.45, 2.75) is 19.0 Å². The molecule has 1 atom stereocenters. The van der Waals surface area contributed by atoms with E-state index in [2.05, 4.69) is 10.6 Å². The highest BCUT2D eigenvalue weighted by atomic mass is 35.5. The van der Waals surface area contributed by atoms with Gasteiger partial charge in [-0.15, -0.1) is 0 Å². The summed E-state index contributed by atoms with van der Waals surface area (Å²) >= 11 is 5.88. The zero-order valence-electron chi connectivity index (χ0n) is 15.3. The molecular formula is C23H21ClN2O2. The molecule has 4 nitrogen and oxygen atoms in total. The summed E-state index contributed by atoms with van der Waals surface area (Å²) in [7, 11) is 0. The van der Waals surface area contributed by atoms with Crippen LogP contribution in [0.2, 0.25) is 5.02 Å². The lowest BCUT2D eigenvalue weighted by molar-refractivity contribution is -0.121. The fraction of sp³-hybridized carbons (Fsp3) is 0.130. The van der Waals surface area contributed by atoms with Gasteiger partial charge in [0.2, 0.25) is 5.91 Å². The molecule has 2 amide bonds. The molecular weight excluding hydrogens is 372 g/mol. The molecule has 3 aromatic carbocycles. The van der Waals surface area contributed by atoms with E-state index in [1.807, 2.05) is 60.7 Å². The molecule has 2 N–H and O–H groups in total. The van der Waals surface area contributed by atoms with E-state index in [0.717, 1.165) is 11.1 Å². The zero-order chi connectivity index (χ0) is 19.8. The van der Waals surface area contributed by atoms with Crippen molar-refractivity contribution in [2.24, 2.45) is 0 Å².